The molecule has 1 atom stereocenters. The average Bonchev–Trinajstić information content (AvgIpc) is 2.31. The molecular weight excluding hydrogens is 202 g/mol. The molecule has 4 heteroatoms. The van der Waals surface area contributed by atoms with Crippen molar-refractivity contribution in [1.82, 2.24) is 0 Å². The fraction of sp³-hybridized carbons (Fsp3) is 0.250. The highest BCUT2D eigenvalue weighted by atomic mass is 16.1. The lowest BCUT2D eigenvalue weighted by Gasteiger charge is -2.08. The summed E-state index contributed by atoms with van der Waals surface area (Å²) in [5.41, 5.74) is 0.840. The molecule has 1 aromatic rings. The van der Waals surface area contributed by atoms with Gasteiger partial charge in [-0.25, -0.2) is 0 Å². The Balaban J connectivity index is 2.86. The Labute approximate surface area is 94.1 Å². The topological polar surface area (TPSA) is 76.7 Å². The minimum Gasteiger partial charge on any atom is -0.324 e. The van der Waals surface area contributed by atoms with Crippen LogP contribution < -0.4 is 5.32 Å². The molecule has 16 heavy (non-hydrogen) atoms. The van der Waals surface area contributed by atoms with Gasteiger partial charge in [-0.3, -0.25) is 4.79 Å². The van der Waals surface area contributed by atoms with Gasteiger partial charge in [0.15, 0.2) is 0 Å². The molecule has 0 bridgehead atoms. The van der Waals surface area contributed by atoms with Crippen molar-refractivity contribution in [1.29, 1.82) is 10.5 Å². The van der Waals surface area contributed by atoms with Gasteiger partial charge in [0.05, 0.1) is 17.3 Å². The van der Waals surface area contributed by atoms with Crippen LogP contribution >= 0.6 is 0 Å². The summed E-state index contributed by atoms with van der Waals surface area (Å²) in [5.74, 6) is -1.04. The Morgan fingerprint density at radius 2 is 2.12 bits per heavy atom. The van der Waals surface area contributed by atoms with Crippen LogP contribution in [0.25, 0.3) is 0 Å². The van der Waals surface area contributed by atoms with Crippen molar-refractivity contribution in [2.75, 3.05) is 5.32 Å². The molecule has 1 aromatic carbocycles. The van der Waals surface area contributed by atoms with Gasteiger partial charge in [0, 0.05) is 0 Å². The van der Waals surface area contributed by atoms with Crippen LogP contribution in [-0.4, -0.2) is 5.91 Å². The number of nitriles is 2. The zero-order chi connectivity index (χ0) is 12.0. The zero-order valence-electron chi connectivity index (χ0n) is 8.90. The van der Waals surface area contributed by atoms with Gasteiger partial charge < -0.3 is 5.32 Å². The molecule has 1 amide bonds. The first-order chi connectivity index (χ1) is 7.72. The third kappa shape index (κ3) is 2.59. The van der Waals surface area contributed by atoms with Crippen molar-refractivity contribution >= 4 is 11.6 Å². The number of nitrogens with zero attached hydrogens (tertiary/aromatic N) is 2. The number of carbonyl (C=O) groups is 1. The lowest BCUT2D eigenvalue weighted by atomic mass is 10.1. The number of hydrogen-bond donors (Lipinski definition) is 1. The lowest BCUT2D eigenvalue weighted by Crippen LogP contribution is -2.21. The summed E-state index contributed by atoms with van der Waals surface area (Å²) >= 11 is 0. The van der Waals surface area contributed by atoms with Crippen LogP contribution in [0.5, 0.6) is 0 Å². The van der Waals surface area contributed by atoms with Crippen molar-refractivity contribution in [3.63, 3.8) is 0 Å². The molecule has 1 N–H and O–H groups in total. The molecule has 0 saturated heterocycles. The fourth-order valence-corrected chi connectivity index (χ4v) is 1.24. The van der Waals surface area contributed by atoms with E-state index >= 15 is 0 Å². The highest BCUT2D eigenvalue weighted by Crippen LogP contribution is 2.15. The molecule has 0 radical (unpaired) electrons. The summed E-state index contributed by atoms with van der Waals surface area (Å²) < 4.78 is 0. The maximum absolute atomic E-state index is 11.6. The second kappa shape index (κ2) is 5.53. The number of anilines is 1. The van der Waals surface area contributed by atoms with E-state index in [2.05, 4.69) is 5.32 Å². The first-order valence-electron chi connectivity index (χ1n) is 4.92. The van der Waals surface area contributed by atoms with Crippen molar-refractivity contribution in [3.8, 4) is 12.1 Å². The molecule has 0 spiro atoms. The summed E-state index contributed by atoms with van der Waals surface area (Å²) in [4.78, 5) is 11.6. The van der Waals surface area contributed by atoms with E-state index in [4.69, 9.17) is 10.5 Å². The van der Waals surface area contributed by atoms with E-state index in [1.54, 1.807) is 31.2 Å². The molecule has 0 aliphatic rings. The van der Waals surface area contributed by atoms with Crippen LogP contribution in [0.4, 0.5) is 5.69 Å². The highest BCUT2D eigenvalue weighted by Gasteiger charge is 2.16. The molecule has 4 nitrogen and oxygen atoms in total. The lowest BCUT2D eigenvalue weighted by molar-refractivity contribution is -0.118. The summed E-state index contributed by atoms with van der Waals surface area (Å²) in [7, 11) is 0. The van der Waals surface area contributed by atoms with E-state index in [9.17, 15) is 4.79 Å². The van der Waals surface area contributed by atoms with Crippen LogP contribution in [0.2, 0.25) is 0 Å². The van der Waals surface area contributed by atoms with Crippen LogP contribution in [-0.2, 0) is 4.79 Å². The zero-order valence-corrected chi connectivity index (χ0v) is 8.90. The van der Waals surface area contributed by atoms with Crippen molar-refractivity contribution in [2.24, 2.45) is 5.92 Å². The van der Waals surface area contributed by atoms with Crippen LogP contribution in [0.3, 0.4) is 0 Å². The third-order valence-corrected chi connectivity index (χ3v) is 2.19. The van der Waals surface area contributed by atoms with Gasteiger partial charge in [-0.15, -0.1) is 0 Å². The molecule has 0 aromatic heterocycles. The second-order valence-electron chi connectivity index (χ2n) is 3.24. The number of rotatable bonds is 3. The van der Waals surface area contributed by atoms with Crippen LogP contribution in [0, 0.1) is 28.6 Å². The number of hydrogen-bond acceptors (Lipinski definition) is 3. The quantitative estimate of drug-likeness (QED) is 0.834. The molecule has 80 valence electrons. The minimum atomic E-state index is -0.674. The molecule has 0 aliphatic carbocycles. The van der Waals surface area contributed by atoms with E-state index in [0.717, 1.165) is 0 Å². The largest absolute Gasteiger partial charge is 0.324 e. The normalized spacial score (nSPS) is 10.9. The predicted molar refractivity (Wildman–Crippen MR) is 59.2 cm³/mol. The van der Waals surface area contributed by atoms with Gasteiger partial charge >= 0.3 is 0 Å². The molecular formula is C12H11N3O. The number of amides is 1. The maximum Gasteiger partial charge on any atom is 0.241 e. The van der Waals surface area contributed by atoms with Crippen molar-refractivity contribution in [2.45, 2.75) is 13.3 Å². The van der Waals surface area contributed by atoms with Gasteiger partial charge in [-0.05, 0) is 18.6 Å². The van der Waals surface area contributed by atoms with Gasteiger partial charge in [0.1, 0.15) is 12.0 Å². The fourth-order valence-electron chi connectivity index (χ4n) is 1.24. The first-order valence-corrected chi connectivity index (χ1v) is 4.92. The SMILES string of the molecule is CCC(C#N)C(=O)Nc1ccccc1C#N. The molecule has 1 rings (SSSR count). The molecule has 0 fully saturated rings. The number of benzene rings is 1. The monoisotopic (exact) mass is 213 g/mol. The Hall–Kier alpha value is -2.33. The van der Waals surface area contributed by atoms with Gasteiger partial charge in [0.25, 0.3) is 0 Å². The number of carbonyl (C=O) groups excluding carboxylic acids is 1. The average molecular weight is 213 g/mol. The summed E-state index contributed by atoms with van der Waals surface area (Å²) in [6.45, 7) is 1.77. The van der Waals surface area contributed by atoms with Gasteiger partial charge in [-0.1, -0.05) is 19.1 Å². The minimum absolute atomic E-state index is 0.368. The number of para-hydroxylation sites is 1. The molecule has 0 saturated carbocycles. The Morgan fingerprint density at radius 1 is 1.44 bits per heavy atom. The van der Waals surface area contributed by atoms with Gasteiger partial charge in [-0.2, -0.15) is 10.5 Å². The smallest absolute Gasteiger partial charge is 0.241 e. The summed E-state index contributed by atoms with van der Waals surface area (Å²) in [6.07, 6.45) is 0.455. The highest BCUT2D eigenvalue weighted by molar-refractivity contribution is 5.95. The second-order valence-corrected chi connectivity index (χ2v) is 3.24. The number of nitrogens with one attached hydrogen (secondary N) is 1. The van der Waals surface area contributed by atoms with Crippen LogP contribution in [0.1, 0.15) is 18.9 Å². The van der Waals surface area contributed by atoms with Gasteiger partial charge in [0.2, 0.25) is 5.91 Å². The van der Waals surface area contributed by atoms with E-state index in [0.29, 0.717) is 17.7 Å². The van der Waals surface area contributed by atoms with Crippen LogP contribution in [0.15, 0.2) is 24.3 Å². The third-order valence-electron chi connectivity index (χ3n) is 2.19. The molecule has 0 aliphatic heterocycles. The van der Waals surface area contributed by atoms with E-state index in [1.165, 1.54) is 0 Å². The predicted octanol–water partition coefficient (Wildman–Crippen LogP) is 2.05. The van der Waals surface area contributed by atoms with E-state index in [1.807, 2.05) is 12.1 Å². The molecule has 0 heterocycles. The first kappa shape index (κ1) is 11.7. The summed E-state index contributed by atoms with van der Waals surface area (Å²) in [5, 5.41) is 20.1. The Morgan fingerprint density at radius 3 is 2.69 bits per heavy atom. The Kier molecular flexibility index (Phi) is 4.06. The van der Waals surface area contributed by atoms with Crippen molar-refractivity contribution < 1.29 is 4.79 Å². The maximum atomic E-state index is 11.6. The summed E-state index contributed by atoms with van der Waals surface area (Å²) in [6, 6.07) is 10.6. The Bertz CT molecular complexity index is 468. The molecule has 1 unspecified atom stereocenters. The standard InChI is InChI=1S/C12H11N3O/c1-2-9(7-13)12(16)15-11-6-4-3-5-10(11)8-14/h3-6,9H,2H2,1H3,(H,15,16). The van der Waals surface area contributed by atoms with E-state index in [-0.39, 0.29) is 5.91 Å². The van der Waals surface area contributed by atoms with E-state index < -0.39 is 5.92 Å². The van der Waals surface area contributed by atoms with Crippen molar-refractivity contribution in [3.05, 3.63) is 29.8 Å².